The molecule has 0 aliphatic heterocycles. The average Bonchev–Trinajstić information content (AvgIpc) is 3.44. The van der Waals surface area contributed by atoms with Crippen molar-refractivity contribution in [3.8, 4) is 17.0 Å². The first kappa shape index (κ1) is 20.3. The highest BCUT2D eigenvalue weighted by Gasteiger charge is 2.10. The molecule has 0 aliphatic rings. The maximum absolute atomic E-state index is 9.62. The quantitative estimate of drug-likeness (QED) is 0.318. The van der Waals surface area contributed by atoms with E-state index in [0.29, 0.717) is 0 Å². The summed E-state index contributed by atoms with van der Waals surface area (Å²) in [5.74, 6) is 2.66. The molecular formula is C22H24N5O2S+. The minimum Gasteiger partial charge on any atom is -0.455 e. The van der Waals surface area contributed by atoms with E-state index in [-0.39, 0.29) is 0 Å². The molecule has 0 aliphatic carbocycles. The van der Waals surface area contributed by atoms with Crippen LogP contribution >= 0.6 is 11.8 Å². The topological polar surface area (TPSA) is 93.6 Å². The second kappa shape index (κ2) is 9.71. The summed E-state index contributed by atoms with van der Waals surface area (Å²) in [6.45, 7) is 3.46. The Balaban J connectivity index is 1.25. The molecule has 4 aromatic rings. The van der Waals surface area contributed by atoms with Crippen molar-refractivity contribution in [2.75, 3.05) is 12.3 Å². The van der Waals surface area contributed by atoms with Crippen LogP contribution < -0.4 is 5.32 Å². The molecular weight excluding hydrogens is 398 g/mol. The number of furan rings is 1. The fourth-order valence-corrected chi connectivity index (χ4v) is 3.87. The second-order valence-corrected chi connectivity index (χ2v) is 7.96. The lowest BCUT2D eigenvalue weighted by Gasteiger charge is -2.05. The molecule has 0 saturated carbocycles. The van der Waals surface area contributed by atoms with Crippen LogP contribution in [-0.4, -0.2) is 37.6 Å². The molecule has 2 aromatic heterocycles. The maximum Gasteiger partial charge on any atom is 0.214 e. The lowest BCUT2D eigenvalue weighted by atomic mass is 10.1. The van der Waals surface area contributed by atoms with E-state index < -0.39 is 6.10 Å². The Bertz CT molecular complexity index is 1060. The molecule has 0 spiro atoms. The third kappa shape index (κ3) is 4.96. The van der Waals surface area contributed by atoms with Gasteiger partial charge in [0, 0.05) is 5.56 Å². The number of benzene rings is 2. The fourth-order valence-electron chi connectivity index (χ4n) is 3.05. The third-order valence-corrected chi connectivity index (χ3v) is 5.63. The Morgan fingerprint density at radius 3 is 2.63 bits per heavy atom. The lowest BCUT2D eigenvalue weighted by Crippen LogP contribution is -2.83. The Morgan fingerprint density at radius 2 is 1.87 bits per heavy atom. The largest absolute Gasteiger partial charge is 0.455 e. The van der Waals surface area contributed by atoms with E-state index in [1.54, 1.807) is 23.4 Å². The zero-order valence-electron chi connectivity index (χ0n) is 16.7. The number of nitrogens with zero attached hydrogens (tertiary/aromatic N) is 4. The monoisotopic (exact) mass is 422 g/mol. The van der Waals surface area contributed by atoms with Gasteiger partial charge >= 0.3 is 0 Å². The van der Waals surface area contributed by atoms with Crippen molar-refractivity contribution in [2.24, 2.45) is 0 Å². The van der Waals surface area contributed by atoms with Gasteiger partial charge in [-0.2, -0.15) is 4.68 Å². The van der Waals surface area contributed by atoms with E-state index in [1.165, 1.54) is 0 Å². The lowest BCUT2D eigenvalue weighted by molar-refractivity contribution is -0.668. The van der Waals surface area contributed by atoms with E-state index in [1.807, 2.05) is 66.7 Å². The SMILES string of the molecule is C[C@@H](O)c1ccc(-c2ccc(C[NH2+]CCSc3nnnn3-c3ccccc3)o2)cc1. The van der Waals surface area contributed by atoms with E-state index in [2.05, 4.69) is 20.8 Å². The van der Waals surface area contributed by atoms with Crippen molar-refractivity contribution >= 4 is 11.8 Å². The molecule has 1 atom stereocenters. The summed E-state index contributed by atoms with van der Waals surface area (Å²) in [5.41, 5.74) is 2.86. The molecule has 0 bridgehead atoms. The number of para-hydroxylation sites is 1. The van der Waals surface area contributed by atoms with Crippen molar-refractivity contribution in [1.82, 2.24) is 20.2 Å². The Morgan fingerprint density at radius 1 is 1.07 bits per heavy atom. The van der Waals surface area contributed by atoms with Gasteiger partial charge in [0.1, 0.15) is 12.3 Å². The van der Waals surface area contributed by atoms with Crippen LogP contribution in [0.25, 0.3) is 17.0 Å². The molecule has 8 heteroatoms. The number of tetrazole rings is 1. The Hall–Kier alpha value is -2.94. The molecule has 154 valence electrons. The highest BCUT2D eigenvalue weighted by Crippen LogP contribution is 2.24. The number of quaternary nitrogens is 1. The van der Waals surface area contributed by atoms with Gasteiger partial charge in [-0.15, -0.1) is 5.10 Å². The molecule has 7 nitrogen and oxygen atoms in total. The van der Waals surface area contributed by atoms with Crippen molar-refractivity contribution < 1.29 is 14.8 Å². The molecule has 0 radical (unpaired) electrons. The van der Waals surface area contributed by atoms with Crippen LogP contribution in [0.5, 0.6) is 0 Å². The van der Waals surface area contributed by atoms with Crippen molar-refractivity contribution in [3.05, 3.63) is 78.1 Å². The van der Waals surface area contributed by atoms with Crippen LogP contribution in [0.3, 0.4) is 0 Å². The van der Waals surface area contributed by atoms with Gasteiger partial charge in [-0.05, 0) is 47.2 Å². The van der Waals surface area contributed by atoms with E-state index >= 15 is 0 Å². The van der Waals surface area contributed by atoms with Gasteiger partial charge in [0.2, 0.25) is 5.16 Å². The second-order valence-electron chi connectivity index (χ2n) is 6.90. The van der Waals surface area contributed by atoms with Crippen LogP contribution in [0, 0.1) is 0 Å². The first-order valence-corrected chi connectivity index (χ1v) is 10.8. The number of hydrogen-bond acceptors (Lipinski definition) is 6. The van der Waals surface area contributed by atoms with E-state index in [4.69, 9.17) is 4.42 Å². The molecule has 3 N–H and O–H groups in total. The standard InChI is InChI=1S/C22H23N5O2S/c1-16(28)17-7-9-18(10-8-17)21-12-11-20(29-21)15-23-13-14-30-22-24-25-26-27(22)19-5-3-2-4-6-19/h2-12,16,23,28H,13-15H2,1H3/p+1/t16-/m1/s1. The summed E-state index contributed by atoms with van der Waals surface area (Å²) >= 11 is 1.63. The zero-order chi connectivity index (χ0) is 20.8. The first-order valence-electron chi connectivity index (χ1n) is 9.86. The number of hydrogen-bond donors (Lipinski definition) is 2. The number of rotatable bonds is 9. The van der Waals surface area contributed by atoms with E-state index in [0.717, 1.165) is 52.3 Å². The van der Waals surface area contributed by atoms with Crippen LogP contribution in [0.1, 0.15) is 24.4 Å². The van der Waals surface area contributed by atoms with Crippen LogP contribution in [0.2, 0.25) is 0 Å². The third-order valence-electron chi connectivity index (χ3n) is 4.68. The first-order chi connectivity index (χ1) is 14.7. The highest BCUT2D eigenvalue weighted by atomic mass is 32.2. The zero-order valence-corrected chi connectivity index (χ0v) is 17.5. The summed E-state index contributed by atoms with van der Waals surface area (Å²) in [6.07, 6.45) is -0.462. The van der Waals surface area contributed by atoms with Gasteiger partial charge in [0.25, 0.3) is 0 Å². The summed E-state index contributed by atoms with van der Waals surface area (Å²) in [5, 5.41) is 24.6. The smallest absolute Gasteiger partial charge is 0.214 e. The number of aromatic nitrogens is 4. The molecule has 0 amide bonds. The highest BCUT2D eigenvalue weighted by molar-refractivity contribution is 7.99. The average molecular weight is 423 g/mol. The van der Waals surface area contributed by atoms with Gasteiger partial charge in [0.15, 0.2) is 5.76 Å². The predicted octanol–water partition coefficient (Wildman–Crippen LogP) is 2.83. The normalized spacial score (nSPS) is 12.2. The van der Waals surface area contributed by atoms with Crippen LogP contribution in [0.4, 0.5) is 0 Å². The number of nitrogens with two attached hydrogens (primary N) is 1. The predicted molar refractivity (Wildman–Crippen MR) is 115 cm³/mol. The van der Waals surface area contributed by atoms with Gasteiger partial charge in [0.05, 0.1) is 24.1 Å². The minimum atomic E-state index is -0.462. The van der Waals surface area contributed by atoms with Crippen molar-refractivity contribution in [2.45, 2.75) is 24.7 Å². The fraction of sp³-hybridized carbons (Fsp3) is 0.227. The molecule has 30 heavy (non-hydrogen) atoms. The summed E-state index contributed by atoms with van der Waals surface area (Å²) in [7, 11) is 0. The molecule has 4 rings (SSSR count). The summed E-state index contributed by atoms with van der Waals surface area (Å²) < 4.78 is 7.72. The molecule has 2 aromatic carbocycles. The van der Waals surface area contributed by atoms with Crippen molar-refractivity contribution in [3.63, 3.8) is 0 Å². The number of aliphatic hydroxyl groups is 1. The molecule has 0 unspecified atom stereocenters. The molecule has 2 heterocycles. The number of thioether (sulfide) groups is 1. The van der Waals surface area contributed by atoms with Gasteiger partial charge < -0.3 is 14.8 Å². The van der Waals surface area contributed by atoms with Crippen molar-refractivity contribution in [1.29, 1.82) is 0 Å². The number of aliphatic hydroxyl groups excluding tert-OH is 1. The Kier molecular flexibility index (Phi) is 6.58. The Labute approximate surface area is 179 Å². The van der Waals surface area contributed by atoms with E-state index in [9.17, 15) is 5.11 Å². The van der Waals surface area contributed by atoms with Crippen LogP contribution in [-0.2, 0) is 6.54 Å². The summed E-state index contributed by atoms with van der Waals surface area (Å²) in [4.78, 5) is 0. The minimum absolute atomic E-state index is 0.462. The summed E-state index contributed by atoms with van der Waals surface area (Å²) in [6, 6.07) is 21.7. The maximum atomic E-state index is 9.62. The molecule has 0 saturated heterocycles. The van der Waals surface area contributed by atoms with Gasteiger partial charge in [-0.3, -0.25) is 0 Å². The van der Waals surface area contributed by atoms with Crippen LogP contribution in [0.15, 0.2) is 76.3 Å². The van der Waals surface area contributed by atoms with Gasteiger partial charge in [-0.25, -0.2) is 0 Å². The van der Waals surface area contributed by atoms with Gasteiger partial charge in [-0.1, -0.05) is 54.2 Å². The molecule has 0 fully saturated rings.